The number of amides is 2. The highest BCUT2D eigenvalue weighted by Gasteiger charge is 2.24. The molecule has 0 aliphatic carbocycles. The Morgan fingerprint density at radius 1 is 1.32 bits per heavy atom. The molecule has 2 heterocycles. The molecule has 0 atom stereocenters. The number of ether oxygens (including phenoxy) is 1. The highest BCUT2D eigenvalue weighted by atomic mass is 19.1. The third-order valence-corrected chi connectivity index (χ3v) is 4.43. The number of anilines is 1. The van der Waals surface area contributed by atoms with E-state index in [1.807, 2.05) is 0 Å². The quantitative estimate of drug-likeness (QED) is 0.863. The van der Waals surface area contributed by atoms with Gasteiger partial charge in [0.25, 0.3) is 5.56 Å². The molecule has 0 unspecified atom stereocenters. The van der Waals surface area contributed by atoms with Gasteiger partial charge in [-0.25, -0.2) is 13.9 Å². The number of carbonyl (C=O) groups excluding carboxylic acids is 2. The second-order valence-electron chi connectivity index (χ2n) is 6.49. The first-order valence-corrected chi connectivity index (χ1v) is 8.95. The number of halogens is 1. The summed E-state index contributed by atoms with van der Waals surface area (Å²) >= 11 is 0. The summed E-state index contributed by atoms with van der Waals surface area (Å²) in [7, 11) is 0. The number of aromatic nitrogens is 2. The first kappa shape index (κ1) is 19.5. The number of carbonyl (C=O) groups is 2. The van der Waals surface area contributed by atoms with Crippen molar-refractivity contribution in [3.8, 4) is 0 Å². The lowest BCUT2D eigenvalue weighted by Crippen LogP contribution is -2.39. The second-order valence-corrected chi connectivity index (χ2v) is 6.49. The third kappa shape index (κ3) is 4.36. The fourth-order valence-electron chi connectivity index (χ4n) is 3.02. The van der Waals surface area contributed by atoms with Crippen LogP contribution < -0.4 is 10.9 Å². The van der Waals surface area contributed by atoms with Crippen LogP contribution in [0, 0.1) is 12.7 Å². The van der Waals surface area contributed by atoms with Gasteiger partial charge in [0.05, 0.1) is 18.8 Å². The molecule has 0 radical (unpaired) electrons. The zero-order valence-corrected chi connectivity index (χ0v) is 15.7. The molecule has 1 aromatic carbocycles. The largest absolute Gasteiger partial charge is 0.450 e. The topological polar surface area (TPSA) is 93.5 Å². The van der Waals surface area contributed by atoms with Crippen LogP contribution in [0.2, 0.25) is 0 Å². The summed E-state index contributed by atoms with van der Waals surface area (Å²) in [5, 5.41) is 6.93. The molecule has 1 N–H and O–H groups in total. The summed E-state index contributed by atoms with van der Waals surface area (Å²) in [6, 6.07) is 5.43. The van der Waals surface area contributed by atoms with Gasteiger partial charge in [0, 0.05) is 30.3 Å². The number of nitrogens with zero attached hydrogens (tertiary/aromatic N) is 3. The number of hydrogen-bond donors (Lipinski definition) is 1. The molecule has 2 aromatic rings. The zero-order valence-electron chi connectivity index (χ0n) is 15.7. The van der Waals surface area contributed by atoms with Crippen LogP contribution in [-0.4, -0.2) is 39.8 Å². The second kappa shape index (κ2) is 8.20. The Morgan fingerprint density at radius 2 is 2.11 bits per heavy atom. The summed E-state index contributed by atoms with van der Waals surface area (Å²) in [6.07, 6.45) is 0.0407. The predicted octanol–water partition coefficient (Wildman–Crippen LogP) is 1.84. The van der Waals surface area contributed by atoms with E-state index < -0.39 is 17.6 Å². The molecule has 0 fully saturated rings. The van der Waals surface area contributed by atoms with Gasteiger partial charge in [-0.15, -0.1) is 0 Å². The molecule has 2 amide bonds. The van der Waals surface area contributed by atoms with Crippen LogP contribution in [0.3, 0.4) is 0 Å². The van der Waals surface area contributed by atoms with Gasteiger partial charge in [-0.1, -0.05) is 0 Å². The maximum Gasteiger partial charge on any atom is 0.410 e. The van der Waals surface area contributed by atoms with Crippen LogP contribution in [0.5, 0.6) is 0 Å². The average Bonchev–Trinajstić information content (AvgIpc) is 2.64. The van der Waals surface area contributed by atoms with Crippen molar-refractivity contribution in [3.63, 3.8) is 0 Å². The fraction of sp³-hybridized carbons (Fsp3) is 0.368. The maximum absolute atomic E-state index is 13.2. The number of benzene rings is 1. The Kier molecular flexibility index (Phi) is 5.72. The molecule has 1 aliphatic rings. The Bertz CT molecular complexity index is 973. The van der Waals surface area contributed by atoms with Gasteiger partial charge < -0.3 is 15.0 Å². The van der Waals surface area contributed by atoms with Gasteiger partial charge in [-0.2, -0.15) is 5.10 Å². The lowest BCUT2D eigenvalue weighted by Gasteiger charge is -2.27. The van der Waals surface area contributed by atoms with Crippen molar-refractivity contribution < 1.29 is 18.7 Å². The number of fused-ring (bicyclic) bond motifs is 1. The molecule has 148 valence electrons. The van der Waals surface area contributed by atoms with Crippen molar-refractivity contribution in [3.05, 3.63) is 57.3 Å². The summed E-state index contributed by atoms with van der Waals surface area (Å²) in [5.41, 5.74) is 1.94. The van der Waals surface area contributed by atoms with Crippen molar-refractivity contribution >= 4 is 17.7 Å². The van der Waals surface area contributed by atoms with E-state index in [0.29, 0.717) is 35.5 Å². The van der Waals surface area contributed by atoms with Crippen molar-refractivity contribution in [1.82, 2.24) is 14.7 Å². The van der Waals surface area contributed by atoms with E-state index in [-0.39, 0.29) is 25.5 Å². The summed E-state index contributed by atoms with van der Waals surface area (Å²) < 4.78 is 19.2. The lowest BCUT2D eigenvalue weighted by molar-refractivity contribution is -0.117. The van der Waals surface area contributed by atoms with Crippen LogP contribution in [0.1, 0.15) is 23.7 Å². The van der Waals surface area contributed by atoms with Crippen molar-refractivity contribution in [2.45, 2.75) is 33.4 Å². The fourth-order valence-corrected chi connectivity index (χ4v) is 3.02. The van der Waals surface area contributed by atoms with Gasteiger partial charge in [0.2, 0.25) is 5.91 Å². The van der Waals surface area contributed by atoms with Gasteiger partial charge in [0.15, 0.2) is 0 Å². The molecule has 0 spiro atoms. The van der Waals surface area contributed by atoms with E-state index >= 15 is 0 Å². The smallest absolute Gasteiger partial charge is 0.410 e. The molecule has 3 rings (SSSR count). The van der Waals surface area contributed by atoms with Gasteiger partial charge in [-0.3, -0.25) is 9.59 Å². The van der Waals surface area contributed by atoms with Gasteiger partial charge >= 0.3 is 6.09 Å². The van der Waals surface area contributed by atoms with E-state index in [1.165, 1.54) is 29.2 Å². The lowest BCUT2D eigenvalue weighted by atomic mass is 10.1. The number of nitrogens with one attached hydrogen (secondary N) is 1. The minimum atomic E-state index is -0.437. The van der Waals surface area contributed by atoms with Gasteiger partial charge in [0.1, 0.15) is 12.4 Å². The van der Waals surface area contributed by atoms with E-state index in [0.717, 1.165) is 4.68 Å². The Balaban J connectivity index is 1.71. The van der Waals surface area contributed by atoms with Crippen LogP contribution in [0.25, 0.3) is 0 Å². The van der Waals surface area contributed by atoms with Crippen molar-refractivity contribution in [1.29, 1.82) is 0 Å². The summed E-state index contributed by atoms with van der Waals surface area (Å²) in [6.45, 7) is 4.11. The molecule has 0 saturated heterocycles. The molecule has 28 heavy (non-hydrogen) atoms. The Hall–Kier alpha value is -3.23. The molecule has 8 nitrogen and oxygen atoms in total. The van der Waals surface area contributed by atoms with Crippen LogP contribution in [-0.2, 0) is 29.0 Å². The van der Waals surface area contributed by atoms with Crippen molar-refractivity contribution in [2.75, 3.05) is 18.5 Å². The zero-order chi connectivity index (χ0) is 20.3. The average molecular weight is 388 g/mol. The summed E-state index contributed by atoms with van der Waals surface area (Å²) in [4.78, 5) is 38.0. The first-order chi connectivity index (χ1) is 13.4. The minimum Gasteiger partial charge on any atom is -0.450 e. The number of hydrogen-bond acceptors (Lipinski definition) is 5. The van der Waals surface area contributed by atoms with Crippen molar-refractivity contribution in [2.24, 2.45) is 0 Å². The Labute approximate surface area is 160 Å². The molecule has 9 heteroatoms. The molecule has 0 saturated carbocycles. The maximum atomic E-state index is 13.2. The molecule has 0 bridgehead atoms. The molecular formula is C19H21FN4O4. The molecule has 1 aromatic heterocycles. The third-order valence-electron chi connectivity index (χ3n) is 4.43. The van der Waals surface area contributed by atoms with Crippen LogP contribution >= 0.6 is 0 Å². The van der Waals surface area contributed by atoms with Gasteiger partial charge in [-0.05, 0) is 37.6 Å². The van der Waals surface area contributed by atoms with E-state index in [9.17, 15) is 18.8 Å². The van der Waals surface area contributed by atoms with E-state index in [4.69, 9.17) is 4.74 Å². The highest BCUT2D eigenvalue weighted by Crippen LogP contribution is 2.17. The minimum absolute atomic E-state index is 0.248. The first-order valence-electron chi connectivity index (χ1n) is 8.95. The van der Waals surface area contributed by atoms with Crippen LogP contribution in [0.4, 0.5) is 14.9 Å². The monoisotopic (exact) mass is 388 g/mol. The number of aryl methyl sites for hydroxylation is 1. The SMILES string of the molecule is CCOC(=O)N1CCc2nn(CC(=O)Nc3ccc(F)cc3C)c(=O)cc2C1. The predicted molar refractivity (Wildman–Crippen MR) is 99.4 cm³/mol. The van der Waals surface area contributed by atoms with E-state index in [2.05, 4.69) is 10.4 Å². The molecular weight excluding hydrogens is 367 g/mol. The normalized spacial score (nSPS) is 13.0. The summed E-state index contributed by atoms with van der Waals surface area (Å²) in [5.74, 6) is -0.826. The Morgan fingerprint density at radius 3 is 2.82 bits per heavy atom. The number of rotatable bonds is 4. The van der Waals surface area contributed by atoms with E-state index in [1.54, 1.807) is 13.8 Å². The standard InChI is InChI=1S/C19H21FN4O4/c1-3-28-19(27)23-7-6-16-13(10-23)9-18(26)24(22-16)11-17(25)21-15-5-4-14(20)8-12(15)2/h4-5,8-9H,3,6-7,10-11H2,1-2H3,(H,21,25). The van der Waals surface area contributed by atoms with Crippen LogP contribution in [0.15, 0.2) is 29.1 Å². The highest BCUT2D eigenvalue weighted by molar-refractivity contribution is 5.91. The molecule has 1 aliphatic heterocycles.